The Kier molecular flexibility index (Phi) is 2.57. The minimum absolute atomic E-state index is 0.698. The first-order valence-corrected chi connectivity index (χ1v) is 4.95. The van der Waals surface area contributed by atoms with Crippen LogP contribution in [-0.2, 0) is 0 Å². The van der Waals surface area contributed by atoms with Crippen molar-refractivity contribution in [3.05, 3.63) is 0 Å². The Morgan fingerprint density at radius 1 is 1.33 bits per heavy atom. The van der Waals surface area contributed by atoms with Gasteiger partial charge in [-0.25, -0.2) is 0 Å². The third-order valence-corrected chi connectivity index (χ3v) is 2.91. The molecule has 0 bridgehead atoms. The molecular formula is C8H15Br. The zero-order valence-electron chi connectivity index (χ0n) is 6.12. The monoisotopic (exact) mass is 190 g/mol. The Morgan fingerprint density at radius 2 is 1.89 bits per heavy atom. The minimum atomic E-state index is 0.698. The fourth-order valence-electron chi connectivity index (χ4n) is 1.71. The fourth-order valence-corrected chi connectivity index (χ4v) is 2.66. The van der Waals surface area contributed by atoms with Gasteiger partial charge in [-0.2, -0.15) is 0 Å². The van der Waals surface area contributed by atoms with Crippen LogP contribution in [0, 0.1) is 5.41 Å². The smallest absolute Gasteiger partial charge is 0.00364 e. The SMILES string of the molecule is CC1(CCBr)CCCC1. The van der Waals surface area contributed by atoms with Crippen LogP contribution in [0.3, 0.4) is 0 Å². The van der Waals surface area contributed by atoms with Gasteiger partial charge in [-0.3, -0.25) is 0 Å². The van der Waals surface area contributed by atoms with Gasteiger partial charge in [0.2, 0.25) is 0 Å². The molecule has 0 aliphatic heterocycles. The Morgan fingerprint density at radius 3 is 2.33 bits per heavy atom. The van der Waals surface area contributed by atoms with Gasteiger partial charge in [0.25, 0.3) is 0 Å². The van der Waals surface area contributed by atoms with Crippen molar-refractivity contribution >= 4 is 15.9 Å². The van der Waals surface area contributed by atoms with Gasteiger partial charge in [0.1, 0.15) is 0 Å². The predicted octanol–water partition coefficient (Wildman–Crippen LogP) is 3.35. The van der Waals surface area contributed by atoms with E-state index in [4.69, 9.17) is 0 Å². The molecule has 0 amide bonds. The second kappa shape index (κ2) is 3.05. The molecule has 0 spiro atoms. The van der Waals surface area contributed by atoms with Crippen molar-refractivity contribution in [2.45, 2.75) is 39.0 Å². The molecule has 0 unspecified atom stereocenters. The first-order valence-electron chi connectivity index (χ1n) is 3.83. The van der Waals surface area contributed by atoms with Crippen molar-refractivity contribution < 1.29 is 0 Å². The molecule has 0 aromatic carbocycles. The summed E-state index contributed by atoms with van der Waals surface area (Å²) in [5.41, 5.74) is 0.698. The van der Waals surface area contributed by atoms with Crippen molar-refractivity contribution in [2.75, 3.05) is 5.33 Å². The first kappa shape index (κ1) is 7.59. The summed E-state index contributed by atoms with van der Waals surface area (Å²) in [6.07, 6.45) is 7.21. The van der Waals surface area contributed by atoms with Gasteiger partial charge in [0.05, 0.1) is 0 Å². The van der Waals surface area contributed by atoms with Crippen LogP contribution >= 0.6 is 15.9 Å². The molecule has 1 fully saturated rings. The van der Waals surface area contributed by atoms with Gasteiger partial charge in [0.15, 0.2) is 0 Å². The molecule has 54 valence electrons. The number of alkyl halides is 1. The molecule has 1 rings (SSSR count). The summed E-state index contributed by atoms with van der Waals surface area (Å²) in [5, 5.41) is 1.18. The average Bonchev–Trinajstić information content (AvgIpc) is 2.16. The van der Waals surface area contributed by atoms with E-state index in [1.54, 1.807) is 0 Å². The second-order valence-electron chi connectivity index (χ2n) is 3.46. The number of halogens is 1. The van der Waals surface area contributed by atoms with Crippen LogP contribution in [0.15, 0.2) is 0 Å². The van der Waals surface area contributed by atoms with E-state index in [9.17, 15) is 0 Å². The number of rotatable bonds is 2. The quantitative estimate of drug-likeness (QED) is 0.587. The highest BCUT2D eigenvalue weighted by Gasteiger charge is 2.27. The Labute approximate surface area is 66.2 Å². The van der Waals surface area contributed by atoms with E-state index >= 15 is 0 Å². The molecule has 0 nitrogen and oxygen atoms in total. The summed E-state index contributed by atoms with van der Waals surface area (Å²) in [6.45, 7) is 2.42. The maximum Gasteiger partial charge on any atom is 0.00364 e. The van der Waals surface area contributed by atoms with E-state index in [0.717, 1.165) is 0 Å². The largest absolute Gasteiger partial charge is 0.0928 e. The molecule has 0 aromatic heterocycles. The van der Waals surface area contributed by atoms with Crippen molar-refractivity contribution in [2.24, 2.45) is 5.41 Å². The molecule has 9 heavy (non-hydrogen) atoms. The van der Waals surface area contributed by atoms with E-state index in [2.05, 4.69) is 22.9 Å². The zero-order chi connectivity index (χ0) is 6.74. The van der Waals surface area contributed by atoms with E-state index in [-0.39, 0.29) is 0 Å². The summed E-state index contributed by atoms with van der Waals surface area (Å²) >= 11 is 3.49. The predicted molar refractivity (Wildman–Crippen MR) is 45.0 cm³/mol. The molecule has 0 radical (unpaired) electrons. The van der Waals surface area contributed by atoms with Crippen LogP contribution in [0.5, 0.6) is 0 Å². The summed E-state index contributed by atoms with van der Waals surface area (Å²) < 4.78 is 0. The standard InChI is InChI=1S/C8H15Br/c1-8(6-7-9)4-2-3-5-8/h2-7H2,1H3. The van der Waals surface area contributed by atoms with Crippen molar-refractivity contribution in [1.29, 1.82) is 0 Å². The highest BCUT2D eigenvalue weighted by atomic mass is 79.9. The lowest BCUT2D eigenvalue weighted by atomic mass is 9.86. The molecule has 1 heteroatoms. The number of hydrogen-bond acceptors (Lipinski definition) is 0. The van der Waals surface area contributed by atoms with Gasteiger partial charge in [-0.1, -0.05) is 35.7 Å². The molecule has 0 atom stereocenters. The van der Waals surface area contributed by atoms with Crippen LogP contribution in [0.2, 0.25) is 0 Å². The first-order chi connectivity index (χ1) is 4.27. The second-order valence-corrected chi connectivity index (χ2v) is 4.25. The third kappa shape index (κ3) is 1.96. The normalized spacial score (nSPS) is 24.7. The van der Waals surface area contributed by atoms with Gasteiger partial charge < -0.3 is 0 Å². The van der Waals surface area contributed by atoms with Crippen molar-refractivity contribution in [1.82, 2.24) is 0 Å². The minimum Gasteiger partial charge on any atom is -0.0928 e. The van der Waals surface area contributed by atoms with E-state index < -0.39 is 0 Å². The topological polar surface area (TPSA) is 0 Å². The van der Waals surface area contributed by atoms with Gasteiger partial charge in [-0.15, -0.1) is 0 Å². The molecule has 1 aliphatic carbocycles. The third-order valence-electron chi connectivity index (χ3n) is 2.51. The van der Waals surface area contributed by atoms with E-state index in [0.29, 0.717) is 5.41 Å². The van der Waals surface area contributed by atoms with Crippen molar-refractivity contribution in [3.8, 4) is 0 Å². The summed E-state index contributed by atoms with van der Waals surface area (Å²) in [6, 6.07) is 0. The molecule has 1 saturated carbocycles. The highest BCUT2D eigenvalue weighted by molar-refractivity contribution is 9.09. The van der Waals surface area contributed by atoms with Gasteiger partial charge in [-0.05, 0) is 24.7 Å². The van der Waals surface area contributed by atoms with Crippen molar-refractivity contribution in [3.63, 3.8) is 0 Å². The summed E-state index contributed by atoms with van der Waals surface area (Å²) in [7, 11) is 0. The molecule has 0 heterocycles. The van der Waals surface area contributed by atoms with E-state index in [1.165, 1.54) is 37.4 Å². The Bertz CT molecular complexity index is 82.6. The van der Waals surface area contributed by atoms with Crippen LogP contribution in [-0.4, -0.2) is 5.33 Å². The van der Waals surface area contributed by atoms with E-state index in [1.807, 2.05) is 0 Å². The lowest BCUT2D eigenvalue weighted by Crippen LogP contribution is -2.10. The summed E-state index contributed by atoms with van der Waals surface area (Å²) in [4.78, 5) is 0. The van der Waals surface area contributed by atoms with Gasteiger partial charge >= 0.3 is 0 Å². The average molecular weight is 191 g/mol. The maximum atomic E-state index is 3.49. The highest BCUT2D eigenvalue weighted by Crippen LogP contribution is 2.40. The molecule has 1 aliphatic rings. The van der Waals surface area contributed by atoms with Crippen LogP contribution in [0.4, 0.5) is 0 Å². The van der Waals surface area contributed by atoms with Crippen LogP contribution in [0.1, 0.15) is 39.0 Å². The molecule has 0 aromatic rings. The summed E-state index contributed by atoms with van der Waals surface area (Å²) in [5.74, 6) is 0. The van der Waals surface area contributed by atoms with Crippen LogP contribution < -0.4 is 0 Å². The number of hydrogen-bond donors (Lipinski definition) is 0. The molecule has 0 N–H and O–H groups in total. The Hall–Kier alpha value is 0.480. The lowest BCUT2D eigenvalue weighted by Gasteiger charge is -2.21. The van der Waals surface area contributed by atoms with Gasteiger partial charge in [0, 0.05) is 5.33 Å². The molecular weight excluding hydrogens is 176 g/mol. The van der Waals surface area contributed by atoms with Crippen LogP contribution in [0.25, 0.3) is 0 Å². The maximum absolute atomic E-state index is 3.49. The lowest BCUT2D eigenvalue weighted by molar-refractivity contribution is 0.327. The molecule has 0 saturated heterocycles. The zero-order valence-corrected chi connectivity index (χ0v) is 7.71. The fraction of sp³-hybridized carbons (Fsp3) is 1.00. The Balaban J connectivity index is 2.32.